The molecule has 74 valence electrons. The van der Waals surface area contributed by atoms with Crippen molar-refractivity contribution in [1.29, 1.82) is 0 Å². The Balaban J connectivity index is 2.03. The number of hydrogen-bond acceptors (Lipinski definition) is 2. The standard InChI is InChI=1S/C9H16N2O2/c1-11-8-4-3-6(13-2)5-7(8)10-9(11)12/h6-8H,3-5H2,1-2H3,(H,10,12). The quantitative estimate of drug-likeness (QED) is 0.647. The number of urea groups is 1. The number of carbonyl (C=O) groups excluding carboxylic acids is 1. The number of methoxy groups -OCH3 is 1. The average Bonchev–Trinajstić information content (AvgIpc) is 2.42. The molecule has 3 atom stereocenters. The Bertz CT molecular complexity index is 220. The molecule has 2 rings (SSSR count). The highest BCUT2D eigenvalue weighted by Gasteiger charge is 2.40. The molecule has 2 fully saturated rings. The molecule has 1 saturated carbocycles. The molecule has 1 saturated heterocycles. The monoisotopic (exact) mass is 184 g/mol. The molecular weight excluding hydrogens is 168 g/mol. The largest absolute Gasteiger partial charge is 0.381 e. The molecule has 0 aromatic carbocycles. The first kappa shape index (κ1) is 8.81. The maximum Gasteiger partial charge on any atom is 0.317 e. The summed E-state index contributed by atoms with van der Waals surface area (Å²) in [5, 5.41) is 2.98. The molecule has 13 heavy (non-hydrogen) atoms. The van der Waals surface area contributed by atoms with Crippen LogP contribution in [0.2, 0.25) is 0 Å². The molecule has 1 aliphatic heterocycles. The van der Waals surface area contributed by atoms with Gasteiger partial charge in [-0.15, -0.1) is 0 Å². The van der Waals surface area contributed by atoms with E-state index in [9.17, 15) is 4.79 Å². The first-order chi connectivity index (χ1) is 6.22. The molecule has 0 aromatic rings. The van der Waals surface area contributed by atoms with Gasteiger partial charge in [0, 0.05) is 14.2 Å². The van der Waals surface area contributed by atoms with E-state index in [2.05, 4.69) is 5.32 Å². The summed E-state index contributed by atoms with van der Waals surface area (Å²) in [6, 6.07) is 0.752. The van der Waals surface area contributed by atoms with E-state index >= 15 is 0 Å². The second-order valence-corrected chi connectivity index (χ2v) is 3.90. The molecule has 1 aliphatic carbocycles. The van der Waals surface area contributed by atoms with Gasteiger partial charge in [-0.1, -0.05) is 0 Å². The summed E-state index contributed by atoms with van der Waals surface area (Å²) < 4.78 is 5.30. The summed E-state index contributed by atoms with van der Waals surface area (Å²) in [5.41, 5.74) is 0. The highest BCUT2D eigenvalue weighted by Crippen LogP contribution is 2.28. The van der Waals surface area contributed by atoms with Crippen LogP contribution in [-0.2, 0) is 4.74 Å². The molecule has 0 aromatic heterocycles. The van der Waals surface area contributed by atoms with Gasteiger partial charge in [0.15, 0.2) is 0 Å². The molecule has 1 heterocycles. The molecule has 4 heteroatoms. The van der Waals surface area contributed by atoms with Gasteiger partial charge in [-0.25, -0.2) is 4.79 Å². The van der Waals surface area contributed by atoms with Gasteiger partial charge < -0.3 is 15.0 Å². The van der Waals surface area contributed by atoms with Crippen LogP contribution in [0.25, 0.3) is 0 Å². The minimum atomic E-state index is 0.0618. The van der Waals surface area contributed by atoms with E-state index in [1.54, 1.807) is 7.11 Å². The van der Waals surface area contributed by atoms with Crippen LogP contribution in [0.15, 0.2) is 0 Å². The van der Waals surface area contributed by atoms with Crippen molar-refractivity contribution in [3.63, 3.8) is 0 Å². The minimum absolute atomic E-state index is 0.0618. The second-order valence-electron chi connectivity index (χ2n) is 3.90. The van der Waals surface area contributed by atoms with E-state index in [0.717, 1.165) is 19.3 Å². The summed E-state index contributed by atoms with van der Waals surface area (Å²) in [6.07, 6.45) is 3.40. The van der Waals surface area contributed by atoms with Crippen LogP contribution in [0.5, 0.6) is 0 Å². The number of amides is 2. The average molecular weight is 184 g/mol. The Morgan fingerprint density at radius 2 is 2.31 bits per heavy atom. The van der Waals surface area contributed by atoms with Crippen molar-refractivity contribution >= 4 is 6.03 Å². The van der Waals surface area contributed by atoms with Gasteiger partial charge >= 0.3 is 6.03 Å². The molecule has 4 nitrogen and oxygen atoms in total. The molecule has 0 radical (unpaired) electrons. The zero-order valence-electron chi connectivity index (χ0n) is 8.12. The Kier molecular flexibility index (Phi) is 2.15. The fourth-order valence-corrected chi connectivity index (χ4v) is 2.36. The van der Waals surface area contributed by atoms with Crippen LogP contribution in [0.4, 0.5) is 4.79 Å². The molecule has 1 N–H and O–H groups in total. The zero-order valence-corrected chi connectivity index (χ0v) is 8.12. The molecule has 0 spiro atoms. The summed E-state index contributed by atoms with van der Waals surface area (Å²) in [5.74, 6) is 0. The lowest BCUT2D eigenvalue weighted by molar-refractivity contribution is 0.0490. The normalized spacial score (nSPS) is 38.8. The van der Waals surface area contributed by atoms with E-state index in [4.69, 9.17) is 4.74 Å². The Labute approximate surface area is 78.2 Å². The van der Waals surface area contributed by atoms with Crippen molar-refractivity contribution in [2.75, 3.05) is 14.2 Å². The number of nitrogens with one attached hydrogen (secondary N) is 1. The fraction of sp³-hybridized carbons (Fsp3) is 0.889. The maximum absolute atomic E-state index is 11.3. The fourth-order valence-electron chi connectivity index (χ4n) is 2.36. The third kappa shape index (κ3) is 1.39. The zero-order chi connectivity index (χ0) is 9.42. The lowest BCUT2D eigenvalue weighted by Crippen LogP contribution is -2.42. The van der Waals surface area contributed by atoms with Crippen LogP contribution < -0.4 is 5.32 Å². The van der Waals surface area contributed by atoms with Gasteiger partial charge in [0.25, 0.3) is 0 Å². The number of nitrogens with zero attached hydrogens (tertiary/aromatic N) is 1. The van der Waals surface area contributed by atoms with Crippen LogP contribution in [0.1, 0.15) is 19.3 Å². The molecule has 3 unspecified atom stereocenters. The van der Waals surface area contributed by atoms with Crippen LogP contribution in [0.3, 0.4) is 0 Å². The van der Waals surface area contributed by atoms with Crippen molar-refractivity contribution < 1.29 is 9.53 Å². The summed E-state index contributed by atoms with van der Waals surface area (Å²) in [6.45, 7) is 0. The number of likely N-dealkylation sites (N-methyl/N-ethyl adjacent to an activating group) is 1. The van der Waals surface area contributed by atoms with Crippen molar-refractivity contribution in [2.24, 2.45) is 0 Å². The number of hydrogen-bond donors (Lipinski definition) is 1. The predicted octanol–water partition coefficient (Wildman–Crippen LogP) is 0.578. The predicted molar refractivity (Wildman–Crippen MR) is 48.5 cm³/mol. The lowest BCUT2D eigenvalue weighted by Gasteiger charge is -2.32. The van der Waals surface area contributed by atoms with E-state index in [1.165, 1.54) is 0 Å². The van der Waals surface area contributed by atoms with Crippen molar-refractivity contribution in [1.82, 2.24) is 10.2 Å². The first-order valence-electron chi connectivity index (χ1n) is 4.78. The number of ether oxygens (including phenoxy) is 1. The highest BCUT2D eigenvalue weighted by molar-refractivity contribution is 5.77. The SMILES string of the molecule is COC1CCC2C(C1)NC(=O)N2C. The third-order valence-electron chi connectivity index (χ3n) is 3.23. The van der Waals surface area contributed by atoms with Crippen molar-refractivity contribution in [2.45, 2.75) is 37.5 Å². The Morgan fingerprint density at radius 1 is 1.54 bits per heavy atom. The number of carbonyl (C=O) groups is 1. The van der Waals surface area contributed by atoms with Gasteiger partial charge in [-0.3, -0.25) is 0 Å². The Morgan fingerprint density at radius 3 is 3.00 bits per heavy atom. The van der Waals surface area contributed by atoms with Gasteiger partial charge in [0.05, 0.1) is 18.2 Å². The Hall–Kier alpha value is -0.770. The van der Waals surface area contributed by atoms with Crippen LogP contribution in [0, 0.1) is 0 Å². The van der Waals surface area contributed by atoms with Gasteiger partial charge in [0.1, 0.15) is 0 Å². The third-order valence-corrected chi connectivity index (χ3v) is 3.23. The maximum atomic E-state index is 11.3. The van der Waals surface area contributed by atoms with Crippen molar-refractivity contribution in [3.05, 3.63) is 0 Å². The summed E-state index contributed by atoms with van der Waals surface area (Å²) >= 11 is 0. The van der Waals surface area contributed by atoms with E-state index < -0.39 is 0 Å². The van der Waals surface area contributed by atoms with Gasteiger partial charge in [-0.05, 0) is 19.3 Å². The number of fused-ring (bicyclic) bond motifs is 1. The molecular formula is C9H16N2O2. The topological polar surface area (TPSA) is 41.6 Å². The van der Waals surface area contributed by atoms with E-state index in [-0.39, 0.29) is 6.03 Å². The van der Waals surface area contributed by atoms with Crippen LogP contribution >= 0.6 is 0 Å². The van der Waals surface area contributed by atoms with E-state index in [0.29, 0.717) is 18.2 Å². The molecule has 2 amide bonds. The minimum Gasteiger partial charge on any atom is -0.381 e. The lowest BCUT2D eigenvalue weighted by atomic mass is 9.89. The second kappa shape index (κ2) is 3.18. The van der Waals surface area contributed by atoms with Gasteiger partial charge in [-0.2, -0.15) is 0 Å². The highest BCUT2D eigenvalue weighted by atomic mass is 16.5. The summed E-state index contributed by atoms with van der Waals surface area (Å²) in [4.78, 5) is 13.1. The van der Waals surface area contributed by atoms with Gasteiger partial charge in [0.2, 0.25) is 0 Å². The van der Waals surface area contributed by atoms with Crippen LogP contribution in [-0.4, -0.2) is 43.3 Å². The summed E-state index contributed by atoms with van der Waals surface area (Å²) in [7, 11) is 3.61. The molecule has 0 bridgehead atoms. The van der Waals surface area contributed by atoms with Crippen molar-refractivity contribution in [3.8, 4) is 0 Å². The number of rotatable bonds is 1. The smallest absolute Gasteiger partial charge is 0.317 e. The molecule has 2 aliphatic rings. The van der Waals surface area contributed by atoms with E-state index in [1.807, 2.05) is 11.9 Å². The first-order valence-corrected chi connectivity index (χ1v) is 4.78.